The number of nitrogens with one attached hydrogen (secondary N) is 1. The Kier molecular flexibility index (Phi) is 9.48. The number of carboxylic acid groups (broad SMARTS) is 2. The van der Waals surface area contributed by atoms with Gasteiger partial charge in [-0.05, 0) is 6.42 Å². The Labute approximate surface area is 113 Å². The summed E-state index contributed by atoms with van der Waals surface area (Å²) in [6.07, 6.45) is 5.85. The van der Waals surface area contributed by atoms with Gasteiger partial charge in [-0.2, -0.15) is 0 Å². The minimum atomic E-state index is -1.34. The van der Waals surface area contributed by atoms with Crippen LogP contribution in [0.25, 0.3) is 0 Å². The number of amides is 1. The SMILES string of the molecule is CCCCCCCCC(=O)NC(CC(=O)O)C(=O)O. The van der Waals surface area contributed by atoms with Crippen molar-refractivity contribution in [3.05, 3.63) is 0 Å². The van der Waals surface area contributed by atoms with Gasteiger partial charge in [-0.3, -0.25) is 9.59 Å². The van der Waals surface area contributed by atoms with Crippen LogP contribution in [0.3, 0.4) is 0 Å². The van der Waals surface area contributed by atoms with Crippen LogP contribution in [0.4, 0.5) is 0 Å². The Morgan fingerprint density at radius 1 is 1.00 bits per heavy atom. The molecule has 0 radical (unpaired) electrons. The maximum Gasteiger partial charge on any atom is 0.326 e. The summed E-state index contributed by atoms with van der Waals surface area (Å²) in [5.74, 6) is -2.96. The van der Waals surface area contributed by atoms with Crippen molar-refractivity contribution in [2.24, 2.45) is 0 Å². The zero-order valence-corrected chi connectivity index (χ0v) is 11.4. The molecule has 0 aliphatic rings. The first-order valence-electron chi connectivity index (χ1n) is 6.71. The second kappa shape index (κ2) is 10.3. The van der Waals surface area contributed by atoms with Gasteiger partial charge in [0.25, 0.3) is 0 Å². The normalized spacial score (nSPS) is 11.8. The lowest BCUT2D eigenvalue weighted by molar-refractivity contribution is -0.147. The lowest BCUT2D eigenvalue weighted by Gasteiger charge is -2.12. The van der Waals surface area contributed by atoms with E-state index >= 15 is 0 Å². The van der Waals surface area contributed by atoms with Gasteiger partial charge in [0.05, 0.1) is 6.42 Å². The number of unbranched alkanes of at least 4 members (excludes halogenated alkanes) is 5. The zero-order chi connectivity index (χ0) is 14.7. The van der Waals surface area contributed by atoms with Gasteiger partial charge in [-0.15, -0.1) is 0 Å². The van der Waals surface area contributed by atoms with Crippen molar-refractivity contribution in [1.82, 2.24) is 5.32 Å². The third-order valence-corrected chi connectivity index (χ3v) is 2.77. The van der Waals surface area contributed by atoms with E-state index in [1.165, 1.54) is 6.42 Å². The van der Waals surface area contributed by atoms with Crippen molar-refractivity contribution in [3.8, 4) is 0 Å². The van der Waals surface area contributed by atoms with Crippen molar-refractivity contribution < 1.29 is 24.6 Å². The van der Waals surface area contributed by atoms with Crippen LogP contribution in [0.15, 0.2) is 0 Å². The molecule has 0 spiro atoms. The molecule has 1 amide bonds. The van der Waals surface area contributed by atoms with Gasteiger partial charge in [-0.1, -0.05) is 39.0 Å². The molecule has 0 saturated heterocycles. The highest BCUT2D eigenvalue weighted by molar-refractivity contribution is 5.86. The fourth-order valence-corrected chi connectivity index (χ4v) is 1.71. The Balaban J connectivity index is 3.81. The molecular formula is C13H23NO5. The van der Waals surface area contributed by atoms with E-state index < -0.39 is 30.3 Å². The lowest BCUT2D eigenvalue weighted by Crippen LogP contribution is -2.42. The van der Waals surface area contributed by atoms with Gasteiger partial charge in [0.15, 0.2) is 0 Å². The molecule has 19 heavy (non-hydrogen) atoms. The molecule has 1 atom stereocenters. The topological polar surface area (TPSA) is 104 Å². The number of rotatable bonds is 11. The van der Waals surface area contributed by atoms with Gasteiger partial charge < -0.3 is 15.5 Å². The monoisotopic (exact) mass is 273 g/mol. The van der Waals surface area contributed by atoms with E-state index in [-0.39, 0.29) is 6.42 Å². The highest BCUT2D eigenvalue weighted by Crippen LogP contribution is 2.07. The van der Waals surface area contributed by atoms with Gasteiger partial charge in [0, 0.05) is 6.42 Å². The third kappa shape index (κ3) is 10.1. The predicted molar refractivity (Wildman–Crippen MR) is 69.8 cm³/mol. The number of aliphatic carboxylic acids is 2. The number of carbonyl (C=O) groups excluding carboxylic acids is 1. The smallest absolute Gasteiger partial charge is 0.326 e. The molecule has 0 aromatic heterocycles. The Bertz CT molecular complexity index is 303. The molecule has 0 heterocycles. The Morgan fingerprint density at radius 2 is 1.58 bits per heavy atom. The van der Waals surface area contributed by atoms with E-state index in [2.05, 4.69) is 12.2 Å². The first kappa shape index (κ1) is 17.4. The first-order valence-corrected chi connectivity index (χ1v) is 6.71. The maximum atomic E-state index is 11.5. The van der Waals surface area contributed by atoms with Crippen LogP contribution in [-0.4, -0.2) is 34.1 Å². The predicted octanol–water partition coefficient (Wildman–Crippen LogP) is 1.78. The van der Waals surface area contributed by atoms with Gasteiger partial charge >= 0.3 is 11.9 Å². The maximum absolute atomic E-state index is 11.5. The number of carbonyl (C=O) groups is 3. The molecule has 0 fully saturated rings. The number of hydrogen-bond donors (Lipinski definition) is 3. The first-order chi connectivity index (χ1) is 8.97. The van der Waals surface area contributed by atoms with Crippen molar-refractivity contribution in [2.45, 2.75) is 64.3 Å². The molecule has 0 aliphatic carbocycles. The van der Waals surface area contributed by atoms with Crippen LogP contribution in [-0.2, 0) is 14.4 Å². The van der Waals surface area contributed by atoms with Crippen molar-refractivity contribution >= 4 is 17.8 Å². The number of carboxylic acids is 2. The molecule has 0 aromatic carbocycles. The lowest BCUT2D eigenvalue weighted by atomic mass is 10.1. The quantitative estimate of drug-likeness (QED) is 0.498. The van der Waals surface area contributed by atoms with Gasteiger partial charge in [-0.25, -0.2) is 4.79 Å². The molecule has 1 unspecified atom stereocenters. The average Bonchev–Trinajstić information content (AvgIpc) is 2.32. The van der Waals surface area contributed by atoms with E-state index in [0.29, 0.717) is 6.42 Å². The summed E-state index contributed by atoms with van der Waals surface area (Å²) in [5, 5.41) is 19.5. The van der Waals surface area contributed by atoms with Gasteiger partial charge in [0.1, 0.15) is 6.04 Å². The van der Waals surface area contributed by atoms with E-state index in [4.69, 9.17) is 10.2 Å². The van der Waals surface area contributed by atoms with Crippen LogP contribution < -0.4 is 5.32 Å². The van der Waals surface area contributed by atoms with Crippen LogP contribution in [0.2, 0.25) is 0 Å². The summed E-state index contributed by atoms with van der Waals surface area (Å²) in [6, 6.07) is -1.34. The third-order valence-electron chi connectivity index (χ3n) is 2.77. The molecule has 6 nitrogen and oxygen atoms in total. The van der Waals surface area contributed by atoms with Crippen LogP contribution in [0.5, 0.6) is 0 Å². The second-order valence-corrected chi connectivity index (χ2v) is 4.57. The van der Waals surface area contributed by atoms with Crippen molar-refractivity contribution in [3.63, 3.8) is 0 Å². The van der Waals surface area contributed by atoms with Crippen LogP contribution in [0.1, 0.15) is 58.3 Å². The zero-order valence-electron chi connectivity index (χ0n) is 11.4. The molecule has 0 saturated carbocycles. The minimum Gasteiger partial charge on any atom is -0.481 e. The fraction of sp³-hybridized carbons (Fsp3) is 0.769. The molecule has 6 heteroatoms. The molecule has 0 bridgehead atoms. The summed E-state index contributed by atoms with van der Waals surface area (Å²) in [4.78, 5) is 32.6. The molecule has 0 rings (SSSR count). The highest BCUT2D eigenvalue weighted by atomic mass is 16.4. The van der Waals surface area contributed by atoms with E-state index in [9.17, 15) is 14.4 Å². The minimum absolute atomic E-state index is 0.246. The standard InChI is InChI=1S/C13H23NO5/c1-2-3-4-5-6-7-8-11(15)14-10(13(18)19)9-12(16)17/h10H,2-9H2,1H3,(H,14,15)(H,16,17)(H,18,19). The largest absolute Gasteiger partial charge is 0.481 e. The molecular weight excluding hydrogens is 250 g/mol. The molecule has 110 valence electrons. The Morgan fingerprint density at radius 3 is 2.11 bits per heavy atom. The van der Waals surface area contributed by atoms with E-state index in [1.807, 2.05) is 0 Å². The molecule has 0 aliphatic heterocycles. The van der Waals surface area contributed by atoms with Crippen LogP contribution >= 0.6 is 0 Å². The van der Waals surface area contributed by atoms with E-state index in [1.54, 1.807) is 0 Å². The average molecular weight is 273 g/mol. The fourth-order valence-electron chi connectivity index (χ4n) is 1.71. The van der Waals surface area contributed by atoms with Crippen LogP contribution in [0, 0.1) is 0 Å². The summed E-state index contributed by atoms with van der Waals surface area (Å²) < 4.78 is 0. The van der Waals surface area contributed by atoms with Crippen molar-refractivity contribution in [1.29, 1.82) is 0 Å². The Hall–Kier alpha value is -1.59. The molecule has 3 N–H and O–H groups in total. The summed E-state index contributed by atoms with van der Waals surface area (Å²) in [7, 11) is 0. The highest BCUT2D eigenvalue weighted by Gasteiger charge is 2.22. The number of hydrogen-bond acceptors (Lipinski definition) is 3. The van der Waals surface area contributed by atoms with Gasteiger partial charge in [0.2, 0.25) is 5.91 Å². The van der Waals surface area contributed by atoms with E-state index in [0.717, 1.165) is 25.7 Å². The summed E-state index contributed by atoms with van der Waals surface area (Å²) >= 11 is 0. The van der Waals surface area contributed by atoms with Crippen molar-refractivity contribution in [2.75, 3.05) is 0 Å². The second-order valence-electron chi connectivity index (χ2n) is 4.57. The summed E-state index contributed by atoms with van der Waals surface area (Å²) in [5.41, 5.74) is 0. The summed E-state index contributed by atoms with van der Waals surface area (Å²) in [6.45, 7) is 2.13. The molecule has 0 aromatic rings.